The molecule has 5 heteroatoms. The van der Waals surface area contributed by atoms with Gasteiger partial charge in [0.25, 0.3) is 0 Å². The standard InChI is InChI=1S/C25H42N2O3/c1-7-29-25(30-8-2)16-10-9-12-20(25)15-17-26-24(28)27-23-21(18(3)4)13-11-14-22(23)19(5)6/h11,13-14,18-20H,7-10,12,15-17H2,1-6H3,(H2,26,27,28). The van der Waals surface area contributed by atoms with Gasteiger partial charge >= 0.3 is 6.03 Å². The Kier molecular flexibility index (Phi) is 9.63. The molecule has 0 aromatic heterocycles. The molecule has 0 heterocycles. The number of rotatable bonds is 10. The van der Waals surface area contributed by atoms with Crippen molar-refractivity contribution in [2.24, 2.45) is 5.92 Å². The molecule has 5 nitrogen and oxygen atoms in total. The second kappa shape index (κ2) is 11.7. The van der Waals surface area contributed by atoms with Crippen LogP contribution in [0.25, 0.3) is 0 Å². The fraction of sp³-hybridized carbons (Fsp3) is 0.720. The number of para-hydroxylation sites is 1. The minimum atomic E-state index is -0.491. The van der Waals surface area contributed by atoms with Gasteiger partial charge in [0.1, 0.15) is 0 Å². The number of benzene rings is 1. The maximum Gasteiger partial charge on any atom is 0.319 e. The van der Waals surface area contributed by atoms with E-state index in [4.69, 9.17) is 9.47 Å². The zero-order valence-electron chi connectivity index (χ0n) is 19.8. The Morgan fingerprint density at radius 3 is 2.20 bits per heavy atom. The van der Waals surface area contributed by atoms with E-state index in [-0.39, 0.29) is 6.03 Å². The third-order valence-electron chi connectivity index (χ3n) is 6.12. The van der Waals surface area contributed by atoms with Crippen molar-refractivity contribution in [1.82, 2.24) is 5.32 Å². The molecule has 1 aromatic carbocycles. The van der Waals surface area contributed by atoms with Gasteiger partial charge in [0, 0.05) is 37.8 Å². The van der Waals surface area contributed by atoms with Gasteiger partial charge in [-0.3, -0.25) is 0 Å². The number of nitrogens with one attached hydrogen (secondary N) is 2. The van der Waals surface area contributed by atoms with Crippen molar-refractivity contribution in [3.8, 4) is 0 Å². The van der Waals surface area contributed by atoms with Crippen LogP contribution in [0.1, 0.15) is 96.6 Å². The Hall–Kier alpha value is -1.59. The molecule has 1 fully saturated rings. The van der Waals surface area contributed by atoms with Gasteiger partial charge < -0.3 is 20.1 Å². The molecule has 1 aliphatic rings. The quantitative estimate of drug-likeness (QED) is 0.432. The highest BCUT2D eigenvalue weighted by atomic mass is 16.7. The third-order valence-corrected chi connectivity index (χ3v) is 6.12. The van der Waals surface area contributed by atoms with Crippen molar-refractivity contribution in [2.75, 3.05) is 25.1 Å². The molecule has 1 aromatic rings. The summed E-state index contributed by atoms with van der Waals surface area (Å²) < 4.78 is 12.2. The van der Waals surface area contributed by atoms with Crippen LogP contribution in [0.3, 0.4) is 0 Å². The van der Waals surface area contributed by atoms with E-state index in [1.807, 2.05) is 13.8 Å². The lowest BCUT2D eigenvalue weighted by atomic mass is 9.81. The second-order valence-corrected chi connectivity index (χ2v) is 8.91. The van der Waals surface area contributed by atoms with Crippen LogP contribution in [0, 0.1) is 5.92 Å². The summed E-state index contributed by atoms with van der Waals surface area (Å²) in [6, 6.07) is 6.15. The Bertz CT molecular complexity index is 635. The fourth-order valence-electron chi connectivity index (χ4n) is 4.67. The molecular weight excluding hydrogens is 376 g/mol. The first-order chi connectivity index (χ1) is 14.3. The van der Waals surface area contributed by atoms with E-state index in [0.717, 1.165) is 31.4 Å². The average Bonchev–Trinajstić information content (AvgIpc) is 2.69. The first kappa shape index (κ1) is 24.7. The molecule has 1 saturated carbocycles. The lowest BCUT2D eigenvalue weighted by Crippen LogP contribution is -2.47. The Labute approximate surface area is 183 Å². The molecule has 30 heavy (non-hydrogen) atoms. The minimum absolute atomic E-state index is 0.140. The number of amides is 2. The minimum Gasteiger partial charge on any atom is -0.350 e. The topological polar surface area (TPSA) is 59.6 Å². The van der Waals surface area contributed by atoms with E-state index in [9.17, 15) is 4.79 Å². The molecule has 0 bridgehead atoms. The molecule has 0 saturated heterocycles. The average molecular weight is 419 g/mol. The van der Waals surface area contributed by atoms with E-state index in [1.54, 1.807) is 0 Å². The van der Waals surface area contributed by atoms with Crippen molar-refractivity contribution in [3.63, 3.8) is 0 Å². The van der Waals surface area contributed by atoms with Gasteiger partial charge in [0.2, 0.25) is 0 Å². The number of anilines is 1. The summed E-state index contributed by atoms with van der Waals surface area (Å²) >= 11 is 0. The molecule has 170 valence electrons. The van der Waals surface area contributed by atoms with Crippen LogP contribution in [0.15, 0.2) is 18.2 Å². The van der Waals surface area contributed by atoms with Gasteiger partial charge in [-0.25, -0.2) is 4.79 Å². The maximum atomic E-state index is 12.7. The summed E-state index contributed by atoms with van der Waals surface area (Å²) in [7, 11) is 0. The van der Waals surface area contributed by atoms with Gasteiger partial charge in [-0.05, 0) is 56.1 Å². The molecule has 1 unspecified atom stereocenters. The summed E-state index contributed by atoms with van der Waals surface area (Å²) in [4.78, 5) is 12.7. The molecule has 0 spiro atoms. The number of hydrogen-bond donors (Lipinski definition) is 2. The zero-order valence-corrected chi connectivity index (χ0v) is 19.8. The highest BCUT2D eigenvalue weighted by Gasteiger charge is 2.42. The highest BCUT2D eigenvalue weighted by molar-refractivity contribution is 5.91. The fourth-order valence-corrected chi connectivity index (χ4v) is 4.67. The lowest BCUT2D eigenvalue weighted by Gasteiger charge is -2.43. The molecule has 1 atom stereocenters. The van der Waals surface area contributed by atoms with Crippen LogP contribution in [0.5, 0.6) is 0 Å². The maximum absolute atomic E-state index is 12.7. The predicted octanol–water partition coefficient (Wildman–Crippen LogP) is 6.40. The molecule has 2 N–H and O–H groups in total. The Morgan fingerprint density at radius 1 is 1.07 bits per heavy atom. The first-order valence-electron chi connectivity index (χ1n) is 11.8. The van der Waals surface area contributed by atoms with Gasteiger partial charge in [-0.2, -0.15) is 0 Å². The summed E-state index contributed by atoms with van der Waals surface area (Å²) in [5.74, 6) is 0.508. The number of hydrogen-bond acceptors (Lipinski definition) is 3. The highest BCUT2D eigenvalue weighted by Crippen LogP contribution is 2.40. The normalized spacial score (nSPS) is 18.6. The summed E-state index contributed by atoms with van der Waals surface area (Å²) in [5, 5.41) is 6.21. The molecular formula is C25H42N2O3. The van der Waals surface area contributed by atoms with Crippen molar-refractivity contribution in [2.45, 2.75) is 91.3 Å². The van der Waals surface area contributed by atoms with Crippen LogP contribution in [0.2, 0.25) is 0 Å². The van der Waals surface area contributed by atoms with Crippen LogP contribution >= 0.6 is 0 Å². The van der Waals surface area contributed by atoms with E-state index in [1.165, 1.54) is 17.5 Å². The zero-order chi connectivity index (χ0) is 22.1. The third kappa shape index (κ3) is 6.21. The number of ether oxygens (including phenoxy) is 2. The van der Waals surface area contributed by atoms with Gasteiger partial charge in [0.05, 0.1) is 0 Å². The van der Waals surface area contributed by atoms with Gasteiger partial charge in [-0.15, -0.1) is 0 Å². The van der Waals surface area contributed by atoms with E-state index < -0.39 is 5.79 Å². The predicted molar refractivity (Wildman–Crippen MR) is 124 cm³/mol. The largest absolute Gasteiger partial charge is 0.350 e. The number of carbonyl (C=O) groups excluding carboxylic acids is 1. The lowest BCUT2D eigenvalue weighted by molar-refractivity contribution is -0.277. The molecule has 0 aliphatic heterocycles. The van der Waals surface area contributed by atoms with Crippen LogP contribution in [0.4, 0.5) is 10.5 Å². The molecule has 2 amide bonds. The molecule has 0 radical (unpaired) electrons. The van der Waals surface area contributed by atoms with Crippen molar-refractivity contribution >= 4 is 11.7 Å². The van der Waals surface area contributed by atoms with Gasteiger partial charge in [0.15, 0.2) is 5.79 Å². The van der Waals surface area contributed by atoms with E-state index >= 15 is 0 Å². The summed E-state index contributed by atoms with van der Waals surface area (Å²) in [6.07, 6.45) is 5.20. The van der Waals surface area contributed by atoms with E-state index in [2.05, 4.69) is 56.5 Å². The Morgan fingerprint density at radius 2 is 1.67 bits per heavy atom. The van der Waals surface area contributed by atoms with Crippen LogP contribution in [-0.4, -0.2) is 31.6 Å². The van der Waals surface area contributed by atoms with E-state index in [0.29, 0.717) is 37.5 Å². The molecule has 2 rings (SSSR count). The number of urea groups is 1. The second-order valence-electron chi connectivity index (χ2n) is 8.91. The van der Waals surface area contributed by atoms with Gasteiger partial charge in [-0.1, -0.05) is 52.3 Å². The Balaban J connectivity index is 2.01. The van der Waals surface area contributed by atoms with Crippen LogP contribution < -0.4 is 10.6 Å². The van der Waals surface area contributed by atoms with Crippen LogP contribution in [-0.2, 0) is 9.47 Å². The SMILES string of the molecule is CCOC1(OCC)CCCCC1CCNC(=O)Nc1c(C(C)C)cccc1C(C)C. The smallest absolute Gasteiger partial charge is 0.319 e. The van der Waals surface area contributed by atoms with Crippen molar-refractivity contribution < 1.29 is 14.3 Å². The monoisotopic (exact) mass is 418 g/mol. The molecule has 1 aliphatic carbocycles. The number of carbonyl (C=O) groups is 1. The summed E-state index contributed by atoms with van der Waals surface area (Å²) in [6.45, 7) is 14.6. The van der Waals surface area contributed by atoms with Crippen molar-refractivity contribution in [3.05, 3.63) is 29.3 Å². The first-order valence-corrected chi connectivity index (χ1v) is 11.8. The van der Waals surface area contributed by atoms with Crippen molar-refractivity contribution in [1.29, 1.82) is 0 Å². The summed E-state index contributed by atoms with van der Waals surface area (Å²) in [5.41, 5.74) is 3.31.